The molecule has 6 nitrogen and oxygen atoms in total. The van der Waals surface area contributed by atoms with Crippen molar-refractivity contribution in [2.45, 2.75) is 46.1 Å². The number of nitrogens with zero attached hydrogens (tertiary/aromatic N) is 3. The summed E-state index contributed by atoms with van der Waals surface area (Å²) >= 11 is 0. The molecule has 0 saturated heterocycles. The molecule has 0 aliphatic heterocycles. The summed E-state index contributed by atoms with van der Waals surface area (Å²) in [6.07, 6.45) is 2.96. The van der Waals surface area contributed by atoms with Gasteiger partial charge in [0.2, 0.25) is 0 Å². The van der Waals surface area contributed by atoms with Crippen LogP contribution in [0.4, 0.5) is 11.6 Å². The molecule has 0 fully saturated rings. The van der Waals surface area contributed by atoms with Crippen LogP contribution in [0.25, 0.3) is 0 Å². The van der Waals surface area contributed by atoms with Crippen molar-refractivity contribution in [1.29, 1.82) is 0 Å². The SMILES string of the molecule is CCCc1nc(NN)cc(NC(CC(C)C)CN(C)C)n1. The summed E-state index contributed by atoms with van der Waals surface area (Å²) in [6.45, 7) is 7.56. The minimum atomic E-state index is 0.356. The first-order chi connectivity index (χ1) is 9.94. The molecule has 21 heavy (non-hydrogen) atoms. The van der Waals surface area contributed by atoms with Crippen LogP contribution < -0.4 is 16.6 Å². The Labute approximate surface area is 128 Å². The molecule has 120 valence electrons. The van der Waals surface area contributed by atoms with Crippen LogP contribution in [0.2, 0.25) is 0 Å². The van der Waals surface area contributed by atoms with E-state index < -0.39 is 0 Å². The molecule has 1 unspecified atom stereocenters. The maximum absolute atomic E-state index is 5.50. The highest BCUT2D eigenvalue weighted by molar-refractivity contribution is 5.47. The summed E-state index contributed by atoms with van der Waals surface area (Å²) in [6, 6.07) is 2.22. The van der Waals surface area contributed by atoms with E-state index in [-0.39, 0.29) is 0 Å². The maximum Gasteiger partial charge on any atom is 0.145 e. The Hall–Kier alpha value is -1.40. The van der Waals surface area contributed by atoms with Gasteiger partial charge in [0.05, 0.1) is 0 Å². The average molecular weight is 294 g/mol. The number of likely N-dealkylation sites (N-methyl/N-ethyl adjacent to an activating group) is 1. The number of rotatable bonds is 9. The first-order valence-electron chi connectivity index (χ1n) is 7.70. The van der Waals surface area contributed by atoms with Crippen molar-refractivity contribution in [3.8, 4) is 0 Å². The number of nitrogens with two attached hydrogens (primary N) is 1. The van der Waals surface area contributed by atoms with Crippen molar-refractivity contribution in [3.05, 3.63) is 11.9 Å². The zero-order valence-corrected chi connectivity index (χ0v) is 14.0. The quantitative estimate of drug-likeness (QED) is 0.478. The topological polar surface area (TPSA) is 79.1 Å². The highest BCUT2D eigenvalue weighted by Gasteiger charge is 2.14. The van der Waals surface area contributed by atoms with Crippen molar-refractivity contribution in [2.24, 2.45) is 11.8 Å². The van der Waals surface area contributed by atoms with Crippen LogP contribution in [0.3, 0.4) is 0 Å². The molecule has 1 aromatic heterocycles. The minimum absolute atomic E-state index is 0.356. The van der Waals surface area contributed by atoms with E-state index in [1.54, 1.807) is 0 Å². The van der Waals surface area contributed by atoms with E-state index in [0.29, 0.717) is 17.8 Å². The summed E-state index contributed by atoms with van der Waals surface area (Å²) in [4.78, 5) is 11.2. The Morgan fingerprint density at radius 1 is 1.24 bits per heavy atom. The van der Waals surface area contributed by atoms with E-state index in [0.717, 1.165) is 37.4 Å². The summed E-state index contributed by atoms with van der Waals surface area (Å²) in [5.74, 6) is 8.45. The second-order valence-corrected chi connectivity index (χ2v) is 6.18. The maximum atomic E-state index is 5.50. The van der Waals surface area contributed by atoms with Crippen molar-refractivity contribution >= 4 is 11.6 Å². The molecule has 0 aliphatic carbocycles. The molecule has 0 radical (unpaired) electrons. The normalized spacial score (nSPS) is 12.8. The highest BCUT2D eigenvalue weighted by atomic mass is 15.3. The van der Waals surface area contributed by atoms with E-state index in [2.05, 4.69) is 60.5 Å². The number of anilines is 2. The Balaban J connectivity index is 2.87. The fourth-order valence-electron chi connectivity index (χ4n) is 2.38. The van der Waals surface area contributed by atoms with Crippen LogP contribution in [-0.4, -0.2) is 41.5 Å². The lowest BCUT2D eigenvalue weighted by molar-refractivity contribution is 0.356. The number of hydrogen-bond acceptors (Lipinski definition) is 6. The summed E-state index contributed by atoms with van der Waals surface area (Å²) in [7, 11) is 4.18. The molecule has 0 saturated carbocycles. The van der Waals surface area contributed by atoms with Crippen molar-refractivity contribution < 1.29 is 0 Å². The number of hydrazine groups is 1. The Bertz CT molecular complexity index is 409. The second-order valence-electron chi connectivity index (χ2n) is 6.18. The predicted molar refractivity (Wildman–Crippen MR) is 89.3 cm³/mol. The van der Waals surface area contributed by atoms with Gasteiger partial charge in [-0.15, -0.1) is 0 Å². The summed E-state index contributed by atoms with van der Waals surface area (Å²) in [5, 5.41) is 3.53. The van der Waals surface area contributed by atoms with Crippen LogP contribution in [-0.2, 0) is 6.42 Å². The van der Waals surface area contributed by atoms with Gasteiger partial charge in [0, 0.05) is 25.1 Å². The minimum Gasteiger partial charge on any atom is -0.366 e. The molecule has 1 rings (SSSR count). The third-order valence-corrected chi connectivity index (χ3v) is 3.09. The van der Waals surface area contributed by atoms with E-state index in [1.165, 1.54) is 0 Å². The Morgan fingerprint density at radius 2 is 1.90 bits per heavy atom. The van der Waals surface area contributed by atoms with Crippen molar-refractivity contribution in [1.82, 2.24) is 14.9 Å². The van der Waals surface area contributed by atoms with Gasteiger partial charge in [0.15, 0.2) is 0 Å². The molecule has 1 heterocycles. The monoisotopic (exact) mass is 294 g/mol. The zero-order valence-electron chi connectivity index (χ0n) is 14.0. The third-order valence-electron chi connectivity index (χ3n) is 3.09. The number of aryl methyl sites for hydroxylation is 1. The van der Waals surface area contributed by atoms with Crippen molar-refractivity contribution in [3.63, 3.8) is 0 Å². The molecule has 4 N–H and O–H groups in total. The first kappa shape index (κ1) is 17.7. The third kappa shape index (κ3) is 6.73. The van der Waals surface area contributed by atoms with Crippen LogP contribution in [0.5, 0.6) is 0 Å². The van der Waals surface area contributed by atoms with Gasteiger partial charge in [-0.1, -0.05) is 20.8 Å². The Morgan fingerprint density at radius 3 is 2.43 bits per heavy atom. The van der Waals surface area contributed by atoms with E-state index in [4.69, 9.17) is 5.84 Å². The lowest BCUT2D eigenvalue weighted by atomic mass is 10.0. The standard InChI is InChI=1S/C15H30N6/c1-6-7-13-18-14(9-15(19-13)20-16)17-12(8-11(2)3)10-21(4)5/h9,11-12H,6-8,10,16H2,1-5H3,(H2,17,18,19,20). The molecule has 0 amide bonds. The molecule has 1 aromatic rings. The largest absolute Gasteiger partial charge is 0.366 e. The van der Waals surface area contributed by atoms with Gasteiger partial charge in [-0.05, 0) is 32.9 Å². The van der Waals surface area contributed by atoms with Gasteiger partial charge >= 0.3 is 0 Å². The number of hydrogen-bond donors (Lipinski definition) is 3. The lowest BCUT2D eigenvalue weighted by Crippen LogP contribution is -2.34. The fraction of sp³-hybridized carbons (Fsp3) is 0.733. The number of nitrogens with one attached hydrogen (secondary N) is 2. The first-order valence-corrected chi connectivity index (χ1v) is 7.70. The van der Waals surface area contributed by atoms with Gasteiger partial charge in [0.1, 0.15) is 17.5 Å². The van der Waals surface area contributed by atoms with Gasteiger partial charge in [-0.2, -0.15) is 0 Å². The van der Waals surface area contributed by atoms with Crippen LogP contribution in [0, 0.1) is 5.92 Å². The number of nitrogen functional groups attached to an aromatic ring is 1. The Kier molecular flexibility index (Phi) is 7.39. The predicted octanol–water partition coefficient (Wildman–Crippen LogP) is 2.10. The fourth-order valence-corrected chi connectivity index (χ4v) is 2.38. The summed E-state index contributed by atoms with van der Waals surface area (Å²) in [5.41, 5.74) is 2.62. The van der Waals surface area contributed by atoms with Crippen LogP contribution in [0.15, 0.2) is 6.07 Å². The van der Waals surface area contributed by atoms with E-state index >= 15 is 0 Å². The molecule has 1 atom stereocenters. The van der Waals surface area contributed by atoms with Crippen molar-refractivity contribution in [2.75, 3.05) is 31.4 Å². The smallest absolute Gasteiger partial charge is 0.145 e. The molecular formula is C15H30N6. The van der Waals surface area contributed by atoms with E-state index in [1.807, 2.05) is 6.07 Å². The van der Waals surface area contributed by atoms with Crippen LogP contribution >= 0.6 is 0 Å². The lowest BCUT2D eigenvalue weighted by Gasteiger charge is -2.24. The zero-order chi connectivity index (χ0) is 15.8. The molecule has 0 spiro atoms. The molecule has 0 aliphatic rings. The van der Waals surface area contributed by atoms with E-state index in [9.17, 15) is 0 Å². The number of aromatic nitrogens is 2. The summed E-state index contributed by atoms with van der Waals surface area (Å²) < 4.78 is 0. The average Bonchev–Trinajstić information content (AvgIpc) is 2.37. The molecular weight excluding hydrogens is 264 g/mol. The van der Waals surface area contributed by atoms with Crippen LogP contribution in [0.1, 0.15) is 39.4 Å². The molecule has 6 heteroatoms. The molecule has 0 aromatic carbocycles. The second kappa shape index (κ2) is 8.79. The van der Waals surface area contributed by atoms with Gasteiger partial charge in [0.25, 0.3) is 0 Å². The molecule has 0 bridgehead atoms. The van der Waals surface area contributed by atoms with Gasteiger partial charge in [-0.3, -0.25) is 0 Å². The van der Waals surface area contributed by atoms with Gasteiger partial charge < -0.3 is 15.6 Å². The highest BCUT2D eigenvalue weighted by Crippen LogP contribution is 2.16. The van der Waals surface area contributed by atoms with Gasteiger partial charge in [-0.25, -0.2) is 15.8 Å².